The summed E-state index contributed by atoms with van der Waals surface area (Å²) in [6.07, 6.45) is 0.927. The number of halogens is 1. The molecule has 1 aromatic rings. The summed E-state index contributed by atoms with van der Waals surface area (Å²) >= 11 is 2.49. The van der Waals surface area contributed by atoms with Gasteiger partial charge in [-0.2, -0.15) is 0 Å². The largest absolute Gasteiger partial charge is 0.598 e. The maximum absolute atomic E-state index is 12.5. The quantitative estimate of drug-likeness (QED) is 0.792. The van der Waals surface area contributed by atoms with E-state index in [1.54, 1.807) is 0 Å². The van der Waals surface area contributed by atoms with E-state index in [0.717, 1.165) is 30.7 Å². The van der Waals surface area contributed by atoms with Crippen molar-refractivity contribution < 1.29 is 9.29 Å². The Hall–Kier alpha value is -0.270. The molecule has 1 fully saturated rings. The van der Waals surface area contributed by atoms with Crippen LogP contribution >= 0.6 is 15.9 Å². The van der Waals surface area contributed by atoms with E-state index < -0.39 is 11.4 Å². The van der Waals surface area contributed by atoms with E-state index in [2.05, 4.69) is 43.8 Å². The van der Waals surface area contributed by atoms with Crippen molar-refractivity contribution in [1.82, 2.24) is 4.72 Å². The lowest BCUT2D eigenvalue weighted by Gasteiger charge is -2.45. The van der Waals surface area contributed by atoms with Crippen LogP contribution < -0.4 is 9.62 Å². The van der Waals surface area contributed by atoms with E-state index in [9.17, 15) is 4.55 Å². The molecule has 4 nitrogen and oxygen atoms in total. The second-order valence-corrected chi connectivity index (χ2v) is 9.83. The molecule has 2 heterocycles. The number of rotatable bonds is 2. The molecule has 3 rings (SSSR count). The molecule has 0 amide bonds. The van der Waals surface area contributed by atoms with Crippen molar-refractivity contribution in [2.24, 2.45) is 0 Å². The number of nitrogens with one attached hydrogen (secondary N) is 1. The lowest BCUT2D eigenvalue weighted by atomic mass is 9.91. The minimum absolute atomic E-state index is 0.103. The molecule has 0 aliphatic carbocycles. The van der Waals surface area contributed by atoms with E-state index in [1.807, 2.05) is 20.8 Å². The SMILES string of the molecule is CC(C)(C)[S+]([O-])NC1CC2COCCN2c2cc(Br)ccc21. The number of ether oxygens (including phenoxy) is 1. The Kier molecular flexibility index (Phi) is 4.76. The second-order valence-electron chi connectivity index (χ2n) is 6.91. The lowest BCUT2D eigenvalue weighted by molar-refractivity contribution is 0.0861. The first kappa shape index (κ1) is 16.6. The van der Waals surface area contributed by atoms with Crippen molar-refractivity contribution in [3.05, 3.63) is 28.2 Å². The third kappa shape index (κ3) is 3.31. The second kappa shape index (κ2) is 6.32. The highest BCUT2D eigenvalue weighted by Gasteiger charge is 2.38. The normalized spacial score (nSPS) is 26.3. The third-order valence-electron chi connectivity index (χ3n) is 4.22. The molecule has 0 saturated carbocycles. The fraction of sp³-hybridized carbons (Fsp3) is 0.625. The molecule has 1 aromatic carbocycles. The molecule has 2 aliphatic rings. The molecule has 22 heavy (non-hydrogen) atoms. The van der Waals surface area contributed by atoms with Gasteiger partial charge in [0, 0.05) is 28.1 Å². The molecule has 6 heteroatoms. The van der Waals surface area contributed by atoms with E-state index in [4.69, 9.17) is 4.74 Å². The van der Waals surface area contributed by atoms with Gasteiger partial charge < -0.3 is 14.2 Å². The third-order valence-corrected chi connectivity index (χ3v) is 6.32. The van der Waals surface area contributed by atoms with Gasteiger partial charge in [0.25, 0.3) is 0 Å². The average Bonchev–Trinajstić information content (AvgIpc) is 2.46. The molecule has 3 atom stereocenters. The van der Waals surface area contributed by atoms with Crippen molar-refractivity contribution >= 4 is 33.0 Å². The number of hydrogen-bond donors (Lipinski definition) is 1. The van der Waals surface area contributed by atoms with Gasteiger partial charge in [-0.05, 0) is 44.9 Å². The molecule has 1 saturated heterocycles. The zero-order valence-corrected chi connectivity index (χ0v) is 15.7. The van der Waals surface area contributed by atoms with E-state index in [1.165, 1.54) is 11.3 Å². The first-order chi connectivity index (χ1) is 10.4. The smallest absolute Gasteiger partial charge is 0.136 e. The van der Waals surface area contributed by atoms with Gasteiger partial charge in [0.05, 0.1) is 25.3 Å². The minimum Gasteiger partial charge on any atom is -0.598 e. The van der Waals surface area contributed by atoms with E-state index in [0.29, 0.717) is 6.04 Å². The highest BCUT2D eigenvalue weighted by molar-refractivity contribution is 9.10. The van der Waals surface area contributed by atoms with Crippen LogP contribution in [0.25, 0.3) is 0 Å². The van der Waals surface area contributed by atoms with E-state index >= 15 is 0 Å². The summed E-state index contributed by atoms with van der Waals surface area (Å²) in [6, 6.07) is 6.83. The summed E-state index contributed by atoms with van der Waals surface area (Å²) in [5.74, 6) is 0. The molecule has 2 aliphatic heterocycles. The monoisotopic (exact) mass is 386 g/mol. The van der Waals surface area contributed by atoms with Crippen molar-refractivity contribution in [3.63, 3.8) is 0 Å². The summed E-state index contributed by atoms with van der Waals surface area (Å²) < 4.78 is 22.3. The van der Waals surface area contributed by atoms with Crippen molar-refractivity contribution in [1.29, 1.82) is 0 Å². The Labute approximate surface area is 144 Å². The molecule has 1 N–H and O–H groups in total. The molecular weight excluding hydrogens is 364 g/mol. The van der Waals surface area contributed by atoms with E-state index in [-0.39, 0.29) is 10.8 Å². The molecular formula is C16H23BrN2O2S. The Morgan fingerprint density at radius 1 is 1.41 bits per heavy atom. The summed E-state index contributed by atoms with van der Waals surface area (Å²) in [5.41, 5.74) is 2.47. The van der Waals surface area contributed by atoms with Crippen molar-refractivity contribution in [2.75, 3.05) is 24.7 Å². The number of benzene rings is 1. The zero-order chi connectivity index (χ0) is 15.9. The Morgan fingerprint density at radius 3 is 2.91 bits per heavy atom. The summed E-state index contributed by atoms with van der Waals surface area (Å²) in [5, 5.41) is 0. The van der Waals surface area contributed by atoms with Crippen LogP contribution in [0.1, 0.15) is 38.8 Å². The van der Waals surface area contributed by atoms with Gasteiger partial charge in [-0.1, -0.05) is 22.0 Å². The van der Waals surface area contributed by atoms with Gasteiger partial charge in [0.2, 0.25) is 0 Å². The zero-order valence-electron chi connectivity index (χ0n) is 13.3. The number of fused-ring (bicyclic) bond motifs is 3. The van der Waals surface area contributed by atoms with Crippen LogP contribution in [0.3, 0.4) is 0 Å². The first-order valence-electron chi connectivity index (χ1n) is 7.68. The summed E-state index contributed by atoms with van der Waals surface area (Å²) in [4.78, 5) is 2.43. The van der Waals surface area contributed by atoms with Crippen LogP contribution in [0.15, 0.2) is 22.7 Å². The van der Waals surface area contributed by atoms with Crippen LogP contribution in [-0.4, -0.2) is 35.1 Å². The molecule has 0 bridgehead atoms. The number of morpholine rings is 1. The Bertz CT molecular complexity index is 549. The fourth-order valence-corrected chi connectivity index (χ4v) is 4.23. The fourth-order valence-electron chi connectivity index (χ4n) is 3.04. The van der Waals surface area contributed by atoms with Gasteiger partial charge >= 0.3 is 0 Å². The maximum Gasteiger partial charge on any atom is 0.136 e. The molecule has 122 valence electrons. The predicted octanol–water partition coefficient (Wildman–Crippen LogP) is 3.15. The van der Waals surface area contributed by atoms with Gasteiger partial charge in [0.15, 0.2) is 0 Å². The predicted molar refractivity (Wildman–Crippen MR) is 94.5 cm³/mol. The first-order valence-corrected chi connectivity index (χ1v) is 9.62. The van der Waals surface area contributed by atoms with Crippen molar-refractivity contribution in [3.8, 4) is 0 Å². The summed E-state index contributed by atoms with van der Waals surface area (Å²) in [7, 11) is 0. The minimum atomic E-state index is -1.08. The molecule has 0 radical (unpaired) electrons. The van der Waals surface area contributed by atoms with Crippen molar-refractivity contribution in [2.45, 2.75) is 44.0 Å². The molecule has 0 aromatic heterocycles. The van der Waals surface area contributed by atoms with Crippen LogP contribution in [0.2, 0.25) is 0 Å². The Morgan fingerprint density at radius 2 is 2.18 bits per heavy atom. The number of anilines is 1. The highest BCUT2D eigenvalue weighted by atomic mass is 79.9. The Balaban J connectivity index is 1.91. The maximum atomic E-state index is 12.5. The van der Waals surface area contributed by atoms with Crippen LogP contribution in [0, 0.1) is 0 Å². The number of nitrogens with zero attached hydrogens (tertiary/aromatic N) is 1. The highest BCUT2D eigenvalue weighted by Crippen LogP contribution is 2.40. The average molecular weight is 387 g/mol. The van der Waals surface area contributed by atoms with Gasteiger partial charge in [-0.3, -0.25) is 0 Å². The molecule has 0 spiro atoms. The standard InChI is InChI=1S/C16H23BrN2O2S/c1-16(2,3)22(20)18-14-9-12-10-21-7-6-19(12)15-8-11(17)4-5-13(14)15/h4-5,8,12,14,18H,6-7,9-10H2,1-3H3. The molecule has 3 unspecified atom stereocenters. The van der Waals surface area contributed by atoms with Crippen LogP contribution in [-0.2, 0) is 16.1 Å². The van der Waals surface area contributed by atoms with Crippen LogP contribution in [0.5, 0.6) is 0 Å². The van der Waals surface area contributed by atoms with Gasteiger partial charge in [-0.25, -0.2) is 0 Å². The summed E-state index contributed by atoms with van der Waals surface area (Å²) in [6.45, 7) is 8.43. The van der Waals surface area contributed by atoms with Crippen LogP contribution in [0.4, 0.5) is 5.69 Å². The number of hydrogen-bond acceptors (Lipinski definition) is 4. The van der Waals surface area contributed by atoms with Gasteiger partial charge in [0.1, 0.15) is 4.75 Å². The lowest BCUT2D eigenvalue weighted by Crippen LogP contribution is -2.52. The van der Waals surface area contributed by atoms with Gasteiger partial charge in [-0.15, -0.1) is 4.72 Å². The topological polar surface area (TPSA) is 47.6 Å².